The van der Waals surface area contributed by atoms with E-state index in [9.17, 15) is 4.79 Å². The molecule has 2 aromatic rings. The molecular formula is C12H15N3O3S. The molecule has 0 aromatic carbocycles. The molecule has 0 atom stereocenters. The first kappa shape index (κ1) is 13.7. The smallest absolute Gasteiger partial charge is 0.230 e. The molecule has 6 nitrogen and oxygen atoms in total. The molecule has 0 unspecified atom stereocenters. The van der Waals surface area contributed by atoms with E-state index in [1.54, 1.807) is 29.2 Å². The van der Waals surface area contributed by atoms with Gasteiger partial charge in [-0.2, -0.15) is 0 Å². The Labute approximate surface area is 114 Å². The van der Waals surface area contributed by atoms with Crippen LogP contribution in [0.4, 0.5) is 0 Å². The van der Waals surface area contributed by atoms with Crippen molar-refractivity contribution in [2.75, 3.05) is 5.75 Å². The van der Waals surface area contributed by atoms with Crippen LogP contribution < -0.4 is 5.32 Å². The minimum absolute atomic E-state index is 0.0608. The van der Waals surface area contributed by atoms with E-state index >= 15 is 0 Å². The van der Waals surface area contributed by atoms with Crippen molar-refractivity contribution >= 4 is 17.7 Å². The fourth-order valence-electron chi connectivity index (χ4n) is 1.49. The number of aromatic nitrogens is 2. The molecule has 0 fully saturated rings. The standard InChI is InChI=1S/C12H15N3O3S/c1-15-9(7-16)5-14-12(15)19-8-11(17)13-6-10-3-2-4-18-10/h2-5,16H,6-8H2,1H3,(H,13,17). The number of aliphatic hydroxyl groups excluding tert-OH is 1. The number of amides is 1. The molecule has 2 N–H and O–H groups in total. The van der Waals surface area contributed by atoms with Crippen LogP contribution in [0.15, 0.2) is 34.2 Å². The highest BCUT2D eigenvalue weighted by Crippen LogP contribution is 2.16. The number of hydrogen-bond acceptors (Lipinski definition) is 5. The van der Waals surface area contributed by atoms with E-state index in [-0.39, 0.29) is 18.3 Å². The van der Waals surface area contributed by atoms with Gasteiger partial charge in [-0.15, -0.1) is 0 Å². The van der Waals surface area contributed by atoms with Gasteiger partial charge in [-0.1, -0.05) is 11.8 Å². The molecule has 1 amide bonds. The summed E-state index contributed by atoms with van der Waals surface area (Å²) in [6.07, 6.45) is 3.17. The molecule has 0 bridgehead atoms. The number of nitrogens with zero attached hydrogens (tertiary/aromatic N) is 2. The number of nitrogens with one attached hydrogen (secondary N) is 1. The van der Waals surface area contributed by atoms with Crippen molar-refractivity contribution in [1.82, 2.24) is 14.9 Å². The molecule has 2 rings (SSSR count). The molecule has 7 heteroatoms. The molecule has 0 aliphatic rings. The van der Waals surface area contributed by atoms with E-state index in [0.717, 1.165) is 11.5 Å². The van der Waals surface area contributed by atoms with Crippen LogP contribution in [0.2, 0.25) is 0 Å². The van der Waals surface area contributed by atoms with E-state index < -0.39 is 0 Å². The lowest BCUT2D eigenvalue weighted by Gasteiger charge is -2.04. The van der Waals surface area contributed by atoms with Gasteiger partial charge in [-0.3, -0.25) is 4.79 Å². The number of aliphatic hydroxyl groups is 1. The summed E-state index contributed by atoms with van der Waals surface area (Å²) in [5.41, 5.74) is 0.721. The molecule has 0 saturated carbocycles. The number of hydrogen-bond donors (Lipinski definition) is 2. The maximum absolute atomic E-state index is 11.6. The number of furan rings is 1. The fraction of sp³-hybridized carbons (Fsp3) is 0.333. The van der Waals surface area contributed by atoms with Crippen molar-refractivity contribution in [2.45, 2.75) is 18.3 Å². The van der Waals surface area contributed by atoms with Gasteiger partial charge in [-0.05, 0) is 12.1 Å². The van der Waals surface area contributed by atoms with Crippen molar-refractivity contribution in [3.63, 3.8) is 0 Å². The van der Waals surface area contributed by atoms with E-state index in [1.807, 2.05) is 7.05 Å². The van der Waals surface area contributed by atoms with Crippen LogP contribution in [0.5, 0.6) is 0 Å². The third-order valence-electron chi connectivity index (χ3n) is 2.58. The maximum Gasteiger partial charge on any atom is 0.230 e. The Balaban J connectivity index is 1.78. The number of rotatable bonds is 6. The first-order valence-corrected chi connectivity index (χ1v) is 6.72. The van der Waals surface area contributed by atoms with Gasteiger partial charge in [0.1, 0.15) is 5.76 Å². The second kappa shape index (κ2) is 6.44. The zero-order chi connectivity index (χ0) is 13.7. The van der Waals surface area contributed by atoms with Crippen LogP contribution in [-0.2, 0) is 25.0 Å². The molecule has 0 radical (unpaired) electrons. The molecule has 0 aliphatic heterocycles. The average molecular weight is 281 g/mol. The molecule has 0 aliphatic carbocycles. The summed E-state index contributed by atoms with van der Waals surface area (Å²) in [5, 5.41) is 12.5. The van der Waals surface area contributed by atoms with E-state index in [0.29, 0.717) is 11.7 Å². The van der Waals surface area contributed by atoms with Crippen molar-refractivity contribution in [1.29, 1.82) is 0 Å². The first-order chi connectivity index (χ1) is 9.20. The molecule has 102 valence electrons. The molecule has 2 aromatic heterocycles. The lowest BCUT2D eigenvalue weighted by atomic mass is 10.4. The third-order valence-corrected chi connectivity index (χ3v) is 3.62. The largest absolute Gasteiger partial charge is 0.467 e. The number of carbonyl (C=O) groups excluding carboxylic acids is 1. The Morgan fingerprint density at radius 3 is 3.11 bits per heavy atom. The summed E-state index contributed by atoms with van der Waals surface area (Å²) >= 11 is 1.33. The van der Waals surface area contributed by atoms with Gasteiger partial charge in [0, 0.05) is 7.05 Å². The van der Waals surface area contributed by atoms with Crippen molar-refractivity contribution in [3.8, 4) is 0 Å². The van der Waals surface area contributed by atoms with Gasteiger partial charge in [0.2, 0.25) is 5.91 Å². The van der Waals surface area contributed by atoms with Crippen molar-refractivity contribution in [3.05, 3.63) is 36.0 Å². The van der Waals surface area contributed by atoms with Crippen LogP contribution in [0.3, 0.4) is 0 Å². The minimum atomic E-state index is -0.0880. The summed E-state index contributed by atoms with van der Waals surface area (Å²) in [4.78, 5) is 15.8. The van der Waals surface area contributed by atoms with Crippen molar-refractivity contribution in [2.24, 2.45) is 7.05 Å². The highest BCUT2D eigenvalue weighted by molar-refractivity contribution is 7.99. The lowest BCUT2D eigenvalue weighted by Crippen LogP contribution is -2.24. The summed E-state index contributed by atoms with van der Waals surface area (Å²) in [6, 6.07) is 3.58. The first-order valence-electron chi connectivity index (χ1n) is 5.74. The van der Waals surface area contributed by atoms with Gasteiger partial charge in [0.15, 0.2) is 5.16 Å². The maximum atomic E-state index is 11.6. The lowest BCUT2D eigenvalue weighted by molar-refractivity contribution is -0.118. The average Bonchev–Trinajstić information content (AvgIpc) is 3.04. The normalized spacial score (nSPS) is 10.6. The summed E-state index contributed by atoms with van der Waals surface area (Å²) < 4.78 is 6.89. The highest BCUT2D eigenvalue weighted by Gasteiger charge is 2.09. The molecular weight excluding hydrogens is 266 g/mol. The van der Waals surface area contributed by atoms with Gasteiger partial charge in [-0.25, -0.2) is 4.98 Å². The third kappa shape index (κ3) is 3.62. The fourth-order valence-corrected chi connectivity index (χ4v) is 2.29. The van der Waals surface area contributed by atoms with Gasteiger partial charge < -0.3 is 19.4 Å². The predicted molar refractivity (Wildman–Crippen MR) is 70.4 cm³/mol. The molecule has 0 saturated heterocycles. The SMILES string of the molecule is Cn1c(CO)cnc1SCC(=O)NCc1ccco1. The topological polar surface area (TPSA) is 80.3 Å². The second-order valence-electron chi connectivity index (χ2n) is 3.89. The van der Waals surface area contributed by atoms with E-state index in [4.69, 9.17) is 9.52 Å². The summed E-state index contributed by atoms with van der Waals surface area (Å²) in [7, 11) is 1.81. The highest BCUT2D eigenvalue weighted by atomic mass is 32.2. The number of imidazole rings is 1. The van der Waals surface area contributed by atoms with Crippen molar-refractivity contribution < 1.29 is 14.3 Å². The summed E-state index contributed by atoms with van der Waals surface area (Å²) in [6.45, 7) is 0.323. The van der Waals surface area contributed by atoms with E-state index in [1.165, 1.54) is 11.8 Å². The minimum Gasteiger partial charge on any atom is -0.467 e. The van der Waals surface area contributed by atoms with Gasteiger partial charge in [0.05, 0.1) is 37.1 Å². The zero-order valence-electron chi connectivity index (χ0n) is 10.5. The van der Waals surface area contributed by atoms with Crippen LogP contribution in [0.1, 0.15) is 11.5 Å². The monoisotopic (exact) mass is 281 g/mol. The van der Waals surface area contributed by atoms with Crippen LogP contribution >= 0.6 is 11.8 Å². The van der Waals surface area contributed by atoms with Crippen LogP contribution in [0, 0.1) is 0 Å². The number of carbonyl (C=O) groups is 1. The molecule has 2 heterocycles. The quantitative estimate of drug-likeness (QED) is 0.769. The Kier molecular flexibility index (Phi) is 4.64. The van der Waals surface area contributed by atoms with E-state index in [2.05, 4.69) is 10.3 Å². The zero-order valence-corrected chi connectivity index (χ0v) is 11.3. The van der Waals surface area contributed by atoms with Gasteiger partial charge >= 0.3 is 0 Å². The Morgan fingerprint density at radius 1 is 1.63 bits per heavy atom. The Morgan fingerprint density at radius 2 is 2.47 bits per heavy atom. The van der Waals surface area contributed by atoms with Gasteiger partial charge in [0.25, 0.3) is 0 Å². The number of thioether (sulfide) groups is 1. The predicted octanol–water partition coefficient (Wildman–Crippen LogP) is 0.914. The molecule has 0 spiro atoms. The Hall–Kier alpha value is -1.73. The second-order valence-corrected chi connectivity index (χ2v) is 4.84. The van der Waals surface area contributed by atoms with Crippen LogP contribution in [0.25, 0.3) is 0 Å². The molecule has 19 heavy (non-hydrogen) atoms. The summed E-state index contributed by atoms with van der Waals surface area (Å²) in [5.74, 6) is 0.907. The Bertz CT molecular complexity index is 536. The van der Waals surface area contributed by atoms with Crippen LogP contribution in [-0.4, -0.2) is 26.3 Å².